The number of ether oxygens (including phenoxy) is 1. The topological polar surface area (TPSA) is 56.5 Å². The molecule has 1 saturated heterocycles. The Kier molecular flexibility index (Phi) is 5.85. The molecule has 1 aliphatic heterocycles. The zero-order chi connectivity index (χ0) is 16.9. The molecule has 2 rings (SSSR count). The number of halogens is 3. The van der Waals surface area contributed by atoms with E-state index in [4.69, 9.17) is 10.00 Å². The van der Waals surface area contributed by atoms with Crippen LogP contribution in [0.15, 0.2) is 24.3 Å². The number of nitriles is 1. The molecule has 1 N–H and O–H groups in total. The molecule has 4 nitrogen and oxygen atoms in total. The van der Waals surface area contributed by atoms with Gasteiger partial charge >= 0.3 is 6.18 Å². The first-order valence-corrected chi connectivity index (χ1v) is 7.50. The Hall–Kier alpha value is -1.78. The average molecular weight is 328 g/mol. The predicted octanol–water partition coefficient (Wildman–Crippen LogP) is 2.57. The summed E-state index contributed by atoms with van der Waals surface area (Å²) in [5.41, 5.74) is 0.518. The number of alkyl halides is 3. The molecular formula is C16H19F3N2O2. The average Bonchev–Trinajstić information content (AvgIpc) is 2.54. The number of benzene rings is 1. The van der Waals surface area contributed by atoms with Crippen molar-refractivity contribution in [1.29, 1.82) is 5.26 Å². The van der Waals surface area contributed by atoms with Gasteiger partial charge in [0.25, 0.3) is 0 Å². The van der Waals surface area contributed by atoms with Crippen LogP contribution in [0.25, 0.3) is 0 Å². The Bertz CT molecular complexity index is 549. The molecule has 1 aromatic carbocycles. The summed E-state index contributed by atoms with van der Waals surface area (Å²) in [4.78, 5) is 2.02. The largest absolute Gasteiger partial charge is 0.492 e. The lowest BCUT2D eigenvalue weighted by atomic mass is 9.91. The van der Waals surface area contributed by atoms with Crippen LogP contribution >= 0.6 is 0 Å². The second kappa shape index (κ2) is 7.66. The zero-order valence-corrected chi connectivity index (χ0v) is 12.6. The van der Waals surface area contributed by atoms with Crippen LogP contribution in [0, 0.1) is 17.2 Å². The predicted molar refractivity (Wildman–Crippen MR) is 77.9 cm³/mol. The van der Waals surface area contributed by atoms with Gasteiger partial charge in [-0.25, -0.2) is 0 Å². The molecule has 0 aliphatic carbocycles. The van der Waals surface area contributed by atoms with Crippen molar-refractivity contribution < 1.29 is 23.0 Å². The molecule has 0 radical (unpaired) electrons. The van der Waals surface area contributed by atoms with E-state index in [1.807, 2.05) is 11.0 Å². The molecule has 1 heterocycles. The van der Waals surface area contributed by atoms with E-state index in [2.05, 4.69) is 0 Å². The third kappa shape index (κ3) is 5.12. The van der Waals surface area contributed by atoms with Crippen LogP contribution in [0.1, 0.15) is 18.4 Å². The molecule has 0 saturated carbocycles. The van der Waals surface area contributed by atoms with Gasteiger partial charge in [0.15, 0.2) is 6.10 Å². The Morgan fingerprint density at radius 3 is 2.65 bits per heavy atom. The fourth-order valence-electron chi connectivity index (χ4n) is 2.71. The third-order valence-corrected chi connectivity index (χ3v) is 4.05. The van der Waals surface area contributed by atoms with E-state index in [1.54, 1.807) is 24.3 Å². The van der Waals surface area contributed by atoms with E-state index >= 15 is 0 Å². The number of hydrogen-bond acceptors (Lipinski definition) is 4. The summed E-state index contributed by atoms with van der Waals surface area (Å²) in [5, 5.41) is 18.1. The fraction of sp³-hybridized carbons (Fsp3) is 0.562. The molecule has 1 unspecified atom stereocenters. The first kappa shape index (κ1) is 17.6. The summed E-state index contributed by atoms with van der Waals surface area (Å²) in [6.07, 6.45) is -6.12. The highest BCUT2D eigenvalue weighted by molar-refractivity contribution is 5.36. The van der Waals surface area contributed by atoms with Crippen LogP contribution < -0.4 is 4.74 Å². The van der Waals surface area contributed by atoms with Crippen molar-refractivity contribution in [2.75, 3.05) is 26.2 Å². The number of rotatable bonds is 5. The molecule has 126 valence electrons. The van der Waals surface area contributed by atoms with Gasteiger partial charge in [-0.3, -0.25) is 4.90 Å². The normalized spacial score (nSPS) is 18.4. The van der Waals surface area contributed by atoms with E-state index in [9.17, 15) is 18.3 Å². The molecule has 0 aromatic heterocycles. The summed E-state index contributed by atoms with van der Waals surface area (Å²) in [6.45, 7) is 2.03. The van der Waals surface area contributed by atoms with Gasteiger partial charge in [0, 0.05) is 6.54 Å². The lowest BCUT2D eigenvalue weighted by Gasteiger charge is -2.34. The van der Waals surface area contributed by atoms with Crippen molar-refractivity contribution >= 4 is 0 Å². The van der Waals surface area contributed by atoms with Crippen molar-refractivity contribution in [1.82, 2.24) is 4.90 Å². The fourth-order valence-corrected chi connectivity index (χ4v) is 2.71. The van der Waals surface area contributed by atoms with Crippen LogP contribution in [0.3, 0.4) is 0 Å². The van der Waals surface area contributed by atoms with E-state index in [-0.39, 0.29) is 0 Å². The van der Waals surface area contributed by atoms with Crippen molar-refractivity contribution in [3.05, 3.63) is 29.8 Å². The minimum absolute atomic E-state index is 0.324. The highest BCUT2D eigenvalue weighted by Gasteiger charge is 2.44. The monoisotopic (exact) mass is 328 g/mol. The summed E-state index contributed by atoms with van der Waals surface area (Å²) in [7, 11) is 0. The Labute approximate surface area is 133 Å². The van der Waals surface area contributed by atoms with Crippen molar-refractivity contribution in [2.45, 2.75) is 25.1 Å². The molecule has 1 aliphatic rings. The van der Waals surface area contributed by atoms with E-state index < -0.39 is 18.2 Å². The number of hydrogen-bond donors (Lipinski definition) is 1. The van der Waals surface area contributed by atoms with Crippen LogP contribution in [-0.4, -0.2) is 48.5 Å². The zero-order valence-electron chi connectivity index (χ0n) is 12.6. The summed E-state index contributed by atoms with van der Waals surface area (Å²) >= 11 is 0. The quantitative estimate of drug-likeness (QED) is 0.903. The van der Waals surface area contributed by atoms with Gasteiger partial charge in [0.1, 0.15) is 12.4 Å². The van der Waals surface area contributed by atoms with Gasteiger partial charge in [-0.15, -0.1) is 0 Å². The molecule has 0 amide bonds. The van der Waals surface area contributed by atoms with E-state index in [0.29, 0.717) is 50.4 Å². The molecule has 1 atom stereocenters. The van der Waals surface area contributed by atoms with Gasteiger partial charge in [0.05, 0.1) is 11.6 Å². The Morgan fingerprint density at radius 2 is 2.04 bits per heavy atom. The van der Waals surface area contributed by atoms with Crippen LogP contribution in [-0.2, 0) is 0 Å². The summed E-state index contributed by atoms with van der Waals surface area (Å²) < 4.78 is 43.0. The van der Waals surface area contributed by atoms with E-state index in [1.165, 1.54) is 0 Å². The minimum Gasteiger partial charge on any atom is -0.492 e. The highest BCUT2D eigenvalue weighted by atomic mass is 19.4. The maximum absolute atomic E-state index is 12.5. The van der Waals surface area contributed by atoms with Crippen LogP contribution in [0.5, 0.6) is 5.75 Å². The van der Waals surface area contributed by atoms with Gasteiger partial charge in [0.2, 0.25) is 0 Å². The molecule has 23 heavy (non-hydrogen) atoms. The first-order chi connectivity index (χ1) is 10.9. The highest BCUT2D eigenvalue weighted by Crippen LogP contribution is 2.31. The standard InChI is InChI=1S/C16H19F3N2O2/c17-16(18,19)15(22)13-4-6-21(7-5-13)8-9-23-14-3-1-2-12(10-14)11-20/h1-3,10,13,15,22H,4-9H2. The number of aliphatic hydroxyl groups is 1. The molecule has 7 heteroatoms. The number of aliphatic hydroxyl groups excluding tert-OH is 1. The van der Waals surface area contributed by atoms with Crippen LogP contribution in [0.4, 0.5) is 13.2 Å². The lowest BCUT2D eigenvalue weighted by Crippen LogP contribution is -2.44. The third-order valence-electron chi connectivity index (χ3n) is 4.05. The Morgan fingerprint density at radius 1 is 1.35 bits per heavy atom. The van der Waals surface area contributed by atoms with Crippen molar-refractivity contribution in [3.8, 4) is 11.8 Å². The van der Waals surface area contributed by atoms with Gasteiger partial charge < -0.3 is 9.84 Å². The second-order valence-electron chi connectivity index (χ2n) is 5.65. The van der Waals surface area contributed by atoms with Gasteiger partial charge in [-0.05, 0) is 50.0 Å². The summed E-state index contributed by atoms with van der Waals surface area (Å²) in [5.74, 6) is -0.120. The maximum atomic E-state index is 12.5. The Balaban J connectivity index is 1.72. The lowest BCUT2D eigenvalue weighted by molar-refractivity contribution is -0.223. The second-order valence-corrected chi connectivity index (χ2v) is 5.65. The molecule has 1 fully saturated rings. The van der Waals surface area contributed by atoms with Crippen molar-refractivity contribution in [3.63, 3.8) is 0 Å². The molecule has 1 aromatic rings. The van der Waals surface area contributed by atoms with Gasteiger partial charge in [-0.1, -0.05) is 6.07 Å². The molecular weight excluding hydrogens is 309 g/mol. The van der Waals surface area contributed by atoms with Gasteiger partial charge in [-0.2, -0.15) is 18.4 Å². The maximum Gasteiger partial charge on any atom is 0.414 e. The van der Waals surface area contributed by atoms with Crippen LogP contribution in [0.2, 0.25) is 0 Å². The smallest absolute Gasteiger partial charge is 0.414 e. The number of nitrogens with zero attached hydrogens (tertiary/aromatic N) is 2. The SMILES string of the molecule is N#Cc1cccc(OCCN2CCC(C(O)C(F)(F)F)CC2)c1. The van der Waals surface area contributed by atoms with Crippen molar-refractivity contribution in [2.24, 2.45) is 5.92 Å². The molecule has 0 bridgehead atoms. The molecule has 0 spiro atoms. The van der Waals surface area contributed by atoms with E-state index in [0.717, 1.165) is 0 Å². The summed E-state index contributed by atoms with van der Waals surface area (Å²) in [6, 6.07) is 8.85. The minimum atomic E-state index is -4.54. The first-order valence-electron chi connectivity index (χ1n) is 7.50. The number of likely N-dealkylation sites (tertiary alicyclic amines) is 1. The number of piperidine rings is 1.